The SMILES string of the molecule is Cc1ccc([N+](=O)[O-])cc1S(=O)(=O)N1CCN(C(=O)c2cc(CC(C)C)[nH]n2)CC1. The number of rotatable bonds is 6. The van der Waals surface area contributed by atoms with E-state index in [-0.39, 0.29) is 42.7 Å². The number of piperazine rings is 1. The Labute approximate surface area is 175 Å². The van der Waals surface area contributed by atoms with Crippen LogP contribution in [0.5, 0.6) is 0 Å². The normalized spacial score (nSPS) is 15.5. The van der Waals surface area contributed by atoms with Gasteiger partial charge in [0.05, 0.1) is 9.82 Å². The van der Waals surface area contributed by atoms with Gasteiger partial charge in [0.2, 0.25) is 10.0 Å². The summed E-state index contributed by atoms with van der Waals surface area (Å²) in [5, 5.41) is 18.0. The topological polar surface area (TPSA) is 130 Å². The molecule has 0 atom stereocenters. The van der Waals surface area contributed by atoms with Crippen molar-refractivity contribution in [1.29, 1.82) is 0 Å². The first-order valence-corrected chi connectivity index (χ1v) is 11.1. The van der Waals surface area contributed by atoms with Crippen LogP contribution < -0.4 is 0 Å². The fourth-order valence-corrected chi connectivity index (χ4v) is 5.10. The van der Waals surface area contributed by atoms with E-state index in [1.54, 1.807) is 17.9 Å². The fraction of sp³-hybridized carbons (Fsp3) is 0.474. The van der Waals surface area contributed by atoms with Gasteiger partial charge < -0.3 is 4.90 Å². The Morgan fingerprint density at radius 2 is 1.90 bits per heavy atom. The minimum absolute atomic E-state index is 0.0814. The number of sulfonamides is 1. The molecule has 3 rings (SSSR count). The van der Waals surface area contributed by atoms with Crippen molar-refractivity contribution in [3.05, 3.63) is 51.3 Å². The van der Waals surface area contributed by atoms with E-state index in [4.69, 9.17) is 0 Å². The monoisotopic (exact) mass is 435 g/mol. The summed E-state index contributed by atoms with van der Waals surface area (Å²) in [6.45, 7) is 6.41. The van der Waals surface area contributed by atoms with E-state index >= 15 is 0 Å². The Hall–Kier alpha value is -2.79. The summed E-state index contributed by atoms with van der Waals surface area (Å²) in [6.07, 6.45) is 0.787. The summed E-state index contributed by atoms with van der Waals surface area (Å²) in [4.78, 5) is 24.6. The molecule has 0 radical (unpaired) electrons. The first-order valence-electron chi connectivity index (χ1n) is 9.68. The summed E-state index contributed by atoms with van der Waals surface area (Å²) < 4.78 is 27.3. The van der Waals surface area contributed by atoms with Crippen molar-refractivity contribution in [3.63, 3.8) is 0 Å². The summed E-state index contributed by atoms with van der Waals surface area (Å²) >= 11 is 0. The molecular formula is C19H25N5O5S. The number of benzene rings is 1. The molecule has 1 saturated heterocycles. The van der Waals surface area contributed by atoms with Gasteiger partial charge in [0.25, 0.3) is 11.6 Å². The third kappa shape index (κ3) is 4.51. The largest absolute Gasteiger partial charge is 0.335 e. The standard InChI is InChI=1S/C19H25N5O5S/c1-13(2)10-15-11-17(21-20-15)19(25)22-6-8-23(9-7-22)30(28,29)18-12-16(24(26)27)5-4-14(18)3/h4-5,11-13H,6-10H2,1-3H3,(H,20,21). The quantitative estimate of drug-likeness (QED) is 0.545. The Balaban J connectivity index is 1.70. The number of aromatic nitrogens is 2. The van der Waals surface area contributed by atoms with Gasteiger partial charge in [0.15, 0.2) is 0 Å². The summed E-state index contributed by atoms with van der Waals surface area (Å²) in [6, 6.07) is 5.53. The number of nitrogens with one attached hydrogen (secondary N) is 1. The number of hydrogen-bond acceptors (Lipinski definition) is 6. The zero-order chi connectivity index (χ0) is 22.1. The highest BCUT2D eigenvalue weighted by Crippen LogP contribution is 2.25. The average Bonchev–Trinajstić information content (AvgIpc) is 3.15. The first-order chi connectivity index (χ1) is 14.1. The molecule has 10 nitrogen and oxygen atoms in total. The number of amides is 1. The van der Waals surface area contributed by atoms with Crippen LogP contribution in [0.1, 0.15) is 35.6 Å². The maximum Gasteiger partial charge on any atom is 0.274 e. The molecule has 0 unspecified atom stereocenters. The third-order valence-corrected chi connectivity index (χ3v) is 7.05. The van der Waals surface area contributed by atoms with E-state index in [0.29, 0.717) is 17.2 Å². The maximum absolute atomic E-state index is 13.0. The summed E-state index contributed by atoms with van der Waals surface area (Å²) in [5.41, 5.74) is 1.37. The molecular weight excluding hydrogens is 410 g/mol. The van der Waals surface area contributed by atoms with Crippen molar-refractivity contribution in [2.75, 3.05) is 26.2 Å². The highest BCUT2D eigenvalue weighted by atomic mass is 32.2. The highest BCUT2D eigenvalue weighted by Gasteiger charge is 2.32. The van der Waals surface area contributed by atoms with E-state index in [2.05, 4.69) is 24.0 Å². The lowest BCUT2D eigenvalue weighted by atomic mass is 10.1. The minimum atomic E-state index is -3.90. The van der Waals surface area contributed by atoms with Crippen LogP contribution in [0, 0.1) is 23.0 Å². The van der Waals surface area contributed by atoms with Crippen LogP contribution in [0.15, 0.2) is 29.2 Å². The Morgan fingerprint density at radius 3 is 2.50 bits per heavy atom. The van der Waals surface area contributed by atoms with E-state index in [0.717, 1.165) is 18.2 Å². The van der Waals surface area contributed by atoms with Gasteiger partial charge in [-0.05, 0) is 30.9 Å². The summed E-state index contributed by atoms with van der Waals surface area (Å²) in [7, 11) is -3.90. The lowest BCUT2D eigenvalue weighted by Gasteiger charge is -2.33. The molecule has 0 bridgehead atoms. The van der Waals surface area contributed by atoms with Crippen LogP contribution in [-0.4, -0.2) is 64.8 Å². The molecule has 162 valence electrons. The van der Waals surface area contributed by atoms with Gasteiger partial charge in [-0.2, -0.15) is 9.40 Å². The average molecular weight is 436 g/mol. The number of carbonyl (C=O) groups is 1. The third-order valence-electron chi connectivity index (χ3n) is 5.00. The molecule has 1 N–H and O–H groups in total. The van der Waals surface area contributed by atoms with Crippen molar-refractivity contribution < 1.29 is 18.1 Å². The second kappa shape index (κ2) is 8.52. The van der Waals surface area contributed by atoms with Crippen LogP contribution in [0.3, 0.4) is 0 Å². The van der Waals surface area contributed by atoms with Crippen LogP contribution >= 0.6 is 0 Å². The highest BCUT2D eigenvalue weighted by molar-refractivity contribution is 7.89. The number of aromatic amines is 1. The smallest absolute Gasteiger partial charge is 0.274 e. The number of carbonyl (C=O) groups excluding carboxylic acids is 1. The lowest BCUT2D eigenvalue weighted by molar-refractivity contribution is -0.385. The minimum Gasteiger partial charge on any atom is -0.335 e. The van der Waals surface area contributed by atoms with Crippen molar-refractivity contribution >= 4 is 21.6 Å². The van der Waals surface area contributed by atoms with Crippen LogP contribution in [0.2, 0.25) is 0 Å². The van der Waals surface area contributed by atoms with Crippen molar-refractivity contribution in [2.24, 2.45) is 5.92 Å². The van der Waals surface area contributed by atoms with Crippen molar-refractivity contribution in [2.45, 2.75) is 32.1 Å². The zero-order valence-corrected chi connectivity index (χ0v) is 18.0. The molecule has 11 heteroatoms. The lowest BCUT2D eigenvalue weighted by Crippen LogP contribution is -2.50. The van der Waals surface area contributed by atoms with E-state index in [1.165, 1.54) is 16.4 Å². The molecule has 1 aromatic carbocycles. The molecule has 1 aliphatic heterocycles. The van der Waals surface area contributed by atoms with Crippen LogP contribution in [0.4, 0.5) is 5.69 Å². The molecule has 30 heavy (non-hydrogen) atoms. The van der Waals surface area contributed by atoms with Gasteiger partial charge in [-0.25, -0.2) is 8.42 Å². The second-order valence-electron chi connectivity index (χ2n) is 7.78. The van der Waals surface area contributed by atoms with Crippen molar-refractivity contribution in [3.8, 4) is 0 Å². The van der Waals surface area contributed by atoms with E-state index < -0.39 is 14.9 Å². The molecule has 2 aromatic rings. The molecule has 0 spiro atoms. The second-order valence-corrected chi connectivity index (χ2v) is 9.69. The molecule has 0 aliphatic carbocycles. The number of nitro benzene ring substituents is 1. The van der Waals surface area contributed by atoms with Gasteiger partial charge in [-0.1, -0.05) is 19.9 Å². The Bertz CT molecular complexity index is 1060. The van der Waals surface area contributed by atoms with Crippen molar-refractivity contribution in [1.82, 2.24) is 19.4 Å². The first kappa shape index (κ1) is 21.9. The zero-order valence-electron chi connectivity index (χ0n) is 17.2. The van der Waals surface area contributed by atoms with Crippen LogP contribution in [0.25, 0.3) is 0 Å². The predicted octanol–water partition coefficient (Wildman–Crippen LogP) is 1.97. The molecule has 0 saturated carbocycles. The van der Waals surface area contributed by atoms with E-state index in [1.807, 2.05) is 0 Å². The number of H-pyrrole nitrogens is 1. The maximum atomic E-state index is 13.0. The van der Waals surface area contributed by atoms with Gasteiger partial charge >= 0.3 is 0 Å². The number of nitro groups is 1. The van der Waals surface area contributed by atoms with Gasteiger partial charge in [-0.15, -0.1) is 0 Å². The van der Waals surface area contributed by atoms with Gasteiger partial charge in [0, 0.05) is 44.0 Å². The fourth-order valence-electron chi connectivity index (χ4n) is 3.43. The predicted molar refractivity (Wildman–Crippen MR) is 110 cm³/mol. The Kier molecular flexibility index (Phi) is 6.22. The molecule has 1 fully saturated rings. The molecule has 1 amide bonds. The molecule has 1 aliphatic rings. The summed E-state index contributed by atoms with van der Waals surface area (Å²) in [5.74, 6) is 0.184. The number of aryl methyl sites for hydroxylation is 1. The van der Waals surface area contributed by atoms with Crippen LogP contribution in [-0.2, 0) is 16.4 Å². The van der Waals surface area contributed by atoms with E-state index in [9.17, 15) is 23.3 Å². The number of hydrogen-bond donors (Lipinski definition) is 1. The number of non-ortho nitro benzene ring substituents is 1. The molecule has 2 heterocycles. The van der Waals surface area contributed by atoms with Gasteiger partial charge in [-0.3, -0.25) is 20.0 Å². The molecule has 1 aromatic heterocycles. The number of nitrogens with zero attached hydrogens (tertiary/aromatic N) is 4. The Morgan fingerprint density at radius 1 is 1.23 bits per heavy atom. The van der Waals surface area contributed by atoms with Gasteiger partial charge in [0.1, 0.15) is 5.69 Å².